The highest BCUT2D eigenvalue weighted by Crippen LogP contribution is 2.24. The third-order valence-electron chi connectivity index (χ3n) is 2.85. The number of fused-ring (bicyclic) bond motifs is 1. The monoisotopic (exact) mass is 314 g/mol. The molecule has 0 saturated heterocycles. The first kappa shape index (κ1) is 11.8. The van der Waals surface area contributed by atoms with E-state index in [0.717, 1.165) is 10.9 Å². The lowest BCUT2D eigenvalue weighted by molar-refractivity contribution is 0.101. The number of nitrogens with zero attached hydrogens (tertiary/aromatic N) is 1. The van der Waals surface area contributed by atoms with Crippen LogP contribution in [0.25, 0.3) is 10.9 Å². The van der Waals surface area contributed by atoms with Crippen LogP contribution < -0.4 is 0 Å². The van der Waals surface area contributed by atoms with Crippen molar-refractivity contribution in [1.82, 2.24) is 4.98 Å². The zero-order valence-corrected chi connectivity index (χ0v) is 11.2. The van der Waals surface area contributed by atoms with Crippen molar-refractivity contribution in [3.8, 4) is 6.07 Å². The number of rotatable bonds is 2. The van der Waals surface area contributed by atoms with Gasteiger partial charge in [0.25, 0.3) is 0 Å². The number of ketones is 1. The van der Waals surface area contributed by atoms with E-state index >= 15 is 0 Å². The summed E-state index contributed by atoms with van der Waals surface area (Å²) in [5.74, 6) is 0.0822. The summed E-state index contributed by atoms with van der Waals surface area (Å²) >= 11 is 3.17. The van der Waals surface area contributed by atoms with Gasteiger partial charge in [-0.25, -0.2) is 0 Å². The normalized spacial score (nSPS) is 10.5. The fourth-order valence-electron chi connectivity index (χ4n) is 1.95. The van der Waals surface area contributed by atoms with Crippen molar-refractivity contribution in [2.75, 3.05) is 0 Å². The second kappa shape index (κ2) is 4.41. The predicted molar refractivity (Wildman–Crippen MR) is 72.9 cm³/mol. The van der Waals surface area contributed by atoms with E-state index in [-0.39, 0.29) is 11.5 Å². The lowest BCUT2D eigenvalue weighted by atomic mass is 10.1. The quantitative estimate of drug-likeness (QED) is 0.734. The molecule has 0 spiro atoms. The van der Waals surface area contributed by atoms with E-state index in [0.29, 0.717) is 15.8 Å². The molecule has 1 aromatic carbocycles. The zero-order valence-electron chi connectivity index (χ0n) is 9.61. The molecule has 2 heterocycles. The van der Waals surface area contributed by atoms with Crippen LogP contribution in [0.15, 0.2) is 45.6 Å². The van der Waals surface area contributed by atoms with Crippen molar-refractivity contribution in [1.29, 1.82) is 5.26 Å². The summed E-state index contributed by atoms with van der Waals surface area (Å²) in [6, 6.07) is 10.5. The van der Waals surface area contributed by atoms with Gasteiger partial charge in [0.15, 0.2) is 10.4 Å². The number of carbonyl (C=O) groups is 1. The highest BCUT2D eigenvalue weighted by atomic mass is 79.9. The number of nitrogens with one attached hydrogen (secondary N) is 1. The SMILES string of the molecule is N#Cc1ccc2c(C(=O)c3ccc(Br)o3)c[nH]c2c1. The minimum Gasteiger partial charge on any atom is -0.446 e. The van der Waals surface area contributed by atoms with Crippen LogP contribution in [0, 0.1) is 11.3 Å². The number of aromatic nitrogens is 1. The van der Waals surface area contributed by atoms with Crippen LogP contribution in [-0.4, -0.2) is 10.8 Å². The van der Waals surface area contributed by atoms with Gasteiger partial charge in [-0.3, -0.25) is 4.79 Å². The Labute approximate surface area is 116 Å². The van der Waals surface area contributed by atoms with Crippen molar-refractivity contribution in [3.05, 3.63) is 58.1 Å². The minimum absolute atomic E-state index is 0.193. The number of carbonyl (C=O) groups excluding carboxylic acids is 1. The van der Waals surface area contributed by atoms with E-state index in [4.69, 9.17) is 9.68 Å². The molecule has 0 bridgehead atoms. The lowest BCUT2D eigenvalue weighted by Gasteiger charge is -1.96. The van der Waals surface area contributed by atoms with Crippen LogP contribution in [0.3, 0.4) is 0 Å². The van der Waals surface area contributed by atoms with E-state index in [2.05, 4.69) is 27.0 Å². The van der Waals surface area contributed by atoms with Gasteiger partial charge in [-0.2, -0.15) is 5.26 Å². The van der Waals surface area contributed by atoms with Gasteiger partial charge < -0.3 is 9.40 Å². The first-order valence-corrected chi connectivity index (χ1v) is 6.29. The molecule has 0 aliphatic carbocycles. The maximum absolute atomic E-state index is 12.3. The number of hydrogen-bond donors (Lipinski definition) is 1. The van der Waals surface area contributed by atoms with Gasteiger partial charge in [-0.15, -0.1) is 0 Å². The van der Waals surface area contributed by atoms with E-state index < -0.39 is 0 Å². The Hall–Kier alpha value is -2.32. The van der Waals surface area contributed by atoms with Gasteiger partial charge in [-0.1, -0.05) is 6.07 Å². The van der Waals surface area contributed by atoms with Crippen LogP contribution >= 0.6 is 15.9 Å². The maximum atomic E-state index is 12.3. The molecule has 4 nitrogen and oxygen atoms in total. The molecule has 5 heteroatoms. The van der Waals surface area contributed by atoms with Crippen molar-refractivity contribution < 1.29 is 9.21 Å². The number of nitriles is 1. The second-order valence-electron chi connectivity index (χ2n) is 4.01. The molecule has 0 aliphatic rings. The Bertz CT molecular complexity index is 823. The molecule has 2 aromatic heterocycles. The fourth-order valence-corrected chi connectivity index (χ4v) is 2.26. The van der Waals surface area contributed by atoms with Crippen LogP contribution in [0.2, 0.25) is 0 Å². The van der Waals surface area contributed by atoms with Crippen LogP contribution in [0.4, 0.5) is 0 Å². The van der Waals surface area contributed by atoms with Gasteiger partial charge in [0.2, 0.25) is 5.78 Å². The molecule has 3 aromatic rings. The lowest BCUT2D eigenvalue weighted by Crippen LogP contribution is -1.97. The molecule has 0 unspecified atom stereocenters. The zero-order chi connectivity index (χ0) is 13.4. The first-order chi connectivity index (χ1) is 9.19. The molecule has 0 fully saturated rings. The molecule has 0 atom stereocenters. The van der Waals surface area contributed by atoms with Gasteiger partial charge in [-0.05, 0) is 40.2 Å². The highest BCUT2D eigenvalue weighted by molar-refractivity contribution is 9.10. The average molecular weight is 315 g/mol. The molecule has 0 amide bonds. The molecule has 3 rings (SSSR count). The van der Waals surface area contributed by atoms with Crippen molar-refractivity contribution >= 4 is 32.6 Å². The van der Waals surface area contributed by atoms with Crippen LogP contribution in [0.5, 0.6) is 0 Å². The first-order valence-electron chi connectivity index (χ1n) is 5.50. The number of benzene rings is 1. The Morgan fingerprint density at radius 2 is 2.16 bits per heavy atom. The number of hydrogen-bond acceptors (Lipinski definition) is 3. The fraction of sp³-hybridized carbons (Fsp3) is 0. The smallest absolute Gasteiger partial charge is 0.230 e. The predicted octanol–water partition coefficient (Wildman–Crippen LogP) is 3.63. The molecular weight excluding hydrogens is 308 g/mol. The van der Waals surface area contributed by atoms with Crippen molar-refractivity contribution in [2.45, 2.75) is 0 Å². The number of aromatic amines is 1. The summed E-state index contributed by atoms with van der Waals surface area (Å²) < 4.78 is 5.78. The molecule has 1 N–H and O–H groups in total. The second-order valence-corrected chi connectivity index (χ2v) is 4.79. The van der Waals surface area contributed by atoms with E-state index in [1.165, 1.54) is 0 Å². The van der Waals surface area contributed by atoms with E-state index in [9.17, 15) is 4.79 Å². The topological polar surface area (TPSA) is 69.8 Å². The van der Waals surface area contributed by atoms with Gasteiger partial charge in [0.1, 0.15) is 0 Å². The standard InChI is InChI=1S/C14H7BrN2O2/c15-13-4-3-12(19-13)14(18)10-7-17-11-5-8(6-16)1-2-9(10)11/h1-5,7,17H. The van der Waals surface area contributed by atoms with E-state index in [1.54, 1.807) is 36.5 Å². The molecule has 0 aliphatic heterocycles. The minimum atomic E-state index is -0.193. The summed E-state index contributed by atoms with van der Waals surface area (Å²) in [6.45, 7) is 0. The van der Waals surface area contributed by atoms with Crippen molar-refractivity contribution in [3.63, 3.8) is 0 Å². The average Bonchev–Trinajstić information content (AvgIpc) is 3.03. The Morgan fingerprint density at radius 3 is 2.84 bits per heavy atom. The molecule has 0 radical (unpaired) electrons. The number of H-pyrrole nitrogens is 1. The van der Waals surface area contributed by atoms with Gasteiger partial charge in [0, 0.05) is 17.1 Å². The maximum Gasteiger partial charge on any atom is 0.230 e. The summed E-state index contributed by atoms with van der Waals surface area (Å²) in [7, 11) is 0. The molecular formula is C14H7BrN2O2. The largest absolute Gasteiger partial charge is 0.446 e. The van der Waals surface area contributed by atoms with Crippen LogP contribution in [-0.2, 0) is 0 Å². The Kier molecular flexibility index (Phi) is 2.73. The summed E-state index contributed by atoms with van der Waals surface area (Å²) in [5, 5.41) is 9.62. The Balaban J connectivity index is 2.11. The van der Waals surface area contributed by atoms with Gasteiger partial charge >= 0.3 is 0 Å². The molecule has 19 heavy (non-hydrogen) atoms. The third kappa shape index (κ3) is 1.96. The van der Waals surface area contributed by atoms with Gasteiger partial charge in [0.05, 0.1) is 17.2 Å². The third-order valence-corrected chi connectivity index (χ3v) is 3.28. The van der Waals surface area contributed by atoms with E-state index in [1.807, 2.05) is 0 Å². The Morgan fingerprint density at radius 1 is 1.32 bits per heavy atom. The summed E-state index contributed by atoms with van der Waals surface area (Å²) in [5.41, 5.74) is 1.84. The molecule has 0 saturated carbocycles. The van der Waals surface area contributed by atoms with Crippen LogP contribution in [0.1, 0.15) is 21.7 Å². The number of furan rings is 1. The summed E-state index contributed by atoms with van der Waals surface area (Å²) in [6.07, 6.45) is 1.63. The summed E-state index contributed by atoms with van der Waals surface area (Å²) in [4.78, 5) is 15.3. The number of halogens is 1. The van der Waals surface area contributed by atoms with Crippen molar-refractivity contribution in [2.24, 2.45) is 0 Å². The highest BCUT2D eigenvalue weighted by Gasteiger charge is 2.17. The molecule has 92 valence electrons.